The van der Waals surface area contributed by atoms with E-state index in [9.17, 15) is 19.7 Å². The van der Waals surface area contributed by atoms with Crippen molar-refractivity contribution in [2.45, 2.75) is 6.42 Å². The van der Waals surface area contributed by atoms with E-state index in [1.807, 2.05) is 0 Å². The number of non-ortho nitro benzene ring substituents is 1. The molecule has 0 heterocycles. The summed E-state index contributed by atoms with van der Waals surface area (Å²) in [6.07, 6.45) is -0.257. The van der Waals surface area contributed by atoms with Crippen LogP contribution >= 0.6 is 0 Å². The van der Waals surface area contributed by atoms with Crippen molar-refractivity contribution in [2.75, 3.05) is 14.2 Å². The summed E-state index contributed by atoms with van der Waals surface area (Å²) in [6, 6.07) is 3.76. The molecule has 1 aromatic rings. The third kappa shape index (κ3) is 3.44. The summed E-state index contributed by atoms with van der Waals surface area (Å²) >= 11 is 0. The van der Waals surface area contributed by atoms with Gasteiger partial charge in [-0.1, -0.05) is 0 Å². The van der Waals surface area contributed by atoms with E-state index in [1.54, 1.807) is 0 Å². The lowest BCUT2D eigenvalue weighted by atomic mass is 9.98. The second-order valence-electron chi connectivity index (χ2n) is 3.87. The van der Waals surface area contributed by atoms with Crippen molar-refractivity contribution in [1.82, 2.24) is 0 Å². The van der Waals surface area contributed by atoms with Gasteiger partial charge in [0.25, 0.3) is 5.69 Å². The van der Waals surface area contributed by atoms with E-state index in [4.69, 9.17) is 9.84 Å². The zero-order valence-electron chi connectivity index (χ0n) is 10.9. The number of carbonyl (C=O) groups is 2. The van der Waals surface area contributed by atoms with Crippen molar-refractivity contribution in [3.63, 3.8) is 0 Å². The summed E-state index contributed by atoms with van der Waals surface area (Å²) in [6.45, 7) is 0. The molecule has 0 bridgehead atoms. The lowest BCUT2D eigenvalue weighted by molar-refractivity contribution is -0.384. The highest BCUT2D eigenvalue weighted by Crippen LogP contribution is 2.26. The molecule has 0 radical (unpaired) electrons. The lowest BCUT2D eigenvalue weighted by Crippen LogP contribution is -2.27. The van der Waals surface area contributed by atoms with Crippen LogP contribution < -0.4 is 4.74 Å². The van der Waals surface area contributed by atoms with Gasteiger partial charge in [-0.15, -0.1) is 0 Å². The molecule has 20 heavy (non-hydrogen) atoms. The number of hydrogen-bond acceptors (Lipinski definition) is 6. The van der Waals surface area contributed by atoms with E-state index in [-0.39, 0.29) is 23.4 Å². The average molecular weight is 283 g/mol. The first-order valence-electron chi connectivity index (χ1n) is 5.52. The maximum absolute atomic E-state index is 11.4. The van der Waals surface area contributed by atoms with Crippen LogP contribution in [-0.2, 0) is 20.7 Å². The molecule has 0 aliphatic heterocycles. The number of methoxy groups -OCH3 is 2. The largest absolute Gasteiger partial charge is 0.496 e. The van der Waals surface area contributed by atoms with Crippen molar-refractivity contribution in [3.05, 3.63) is 33.9 Å². The van der Waals surface area contributed by atoms with E-state index in [0.29, 0.717) is 0 Å². The number of esters is 1. The Morgan fingerprint density at radius 2 is 2.05 bits per heavy atom. The summed E-state index contributed by atoms with van der Waals surface area (Å²) in [5.74, 6) is -3.47. The number of carboxylic acid groups (broad SMARTS) is 1. The Morgan fingerprint density at radius 1 is 1.40 bits per heavy atom. The topological polar surface area (TPSA) is 116 Å². The van der Waals surface area contributed by atoms with Gasteiger partial charge in [-0.3, -0.25) is 19.7 Å². The van der Waals surface area contributed by atoms with Crippen molar-refractivity contribution < 1.29 is 29.1 Å². The minimum Gasteiger partial charge on any atom is -0.496 e. The van der Waals surface area contributed by atoms with Gasteiger partial charge in [0.15, 0.2) is 5.92 Å². The number of carboxylic acids is 1. The van der Waals surface area contributed by atoms with Gasteiger partial charge in [0.05, 0.1) is 19.1 Å². The Labute approximate surface area is 114 Å². The fraction of sp³-hybridized carbons (Fsp3) is 0.333. The first-order chi connectivity index (χ1) is 9.40. The molecule has 108 valence electrons. The van der Waals surface area contributed by atoms with Crippen molar-refractivity contribution in [3.8, 4) is 5.75 Å². The van der Waals surface area contributed by atoms with Crippen LogP contribution in [0.5, 0.6) is 5.75 Å². The Hall–Kier alpha value is -2.64. The minimum atomic E-state index is -1.45. The lowest BCUT2D eigenvalue weighted by Gasteiger charge is -2.12. The van der Waals surface area contributed by atoms with Crippen LogP contribution in [0.3, 0.4) is 0 Å². The van der Waals surface area contributed by atoms with E-state index >= 15 is 0 Å². The normalized spacial score (nSPS) is 11.5. The van der Waals surface area contributed by atoms with Gasteiger partial charge in [-0.05, 0) is 6.07 Å². The molecule has 0 saturated heterocycles. The van der Waals surface area contributed by atoms with Crippen molar-refractivity contribution in [1.29, 1.82) is 0 Å². The zero-order valence-corrected chi connectivity index (χ0v) is 10.9. The van der Waals surface area contributed by atoms with Gasteiger partial charge < -0.3 is 14.6 Å². The SMILES string of the molecule is COC(=O)C(Cc1cc([N+](=O)[O-])ccc1OC)C(=O)O. The van der Waals surface area contributed by atoms with Gasteiger partial charge in [0.2, 0.25) is 0 Å². The summed E-state index contributed by atoms with van der Waals surface area (Å²) < 4.78 is 9.41. The number of nitro groups is 1. The third-order valence-corrected chi connectivity index (χ3v) is 2.68. The monoisotopic (exact) mass is 283 g/mol. The molecule has 0 spiro atoms. The Balaban J connectivity index is 3.16. The van der Waals surface area contributed by atoms with Crippen molar-refractivity contribution >= 4 is 17.6 Å². The smallest absolute Gasteiger partial charge is 0.320 e. The van der Waals surface area contributed by atoms with Crippen LogP contribution in [0.25, 0.3) is 0 Å². The average Bonchev–Trinajstić information content (AvgIpc) is 2.43. The number of rotatable bonds is 6. The van der Waals surface area contributed by atoms with Gasteiger partial charge >= 0.3 is 11.9 Å². The highest BCUT2D eigenvalue weighted by molar-refractivity contribution is 5.94. The van der Waals surface area contributed by atoms with E-state index in [1.165, 1.54) is 25.3 Å². The van der Waals surface area contributed by atoms with Gasteiger partial charge in [0, 0.05) is 24.1 Å². The van der Waals surface area contributed by atoms with Crippen LogP contribution in [0.4, 0.5) is 5.69 Å². The second-order valence-corrected chi connectivity index (χ2v) is 3.87. The highest BCUT2D eigenvalue weighted by Gasteiger charge is 2.29. The maximum atomic E-state index is 11.4. The van der Waals surface area contributed by atoms with Gasteiger partial charge in [-0.25, -0.2) is 0 Å². The summed E-state index contributed by atoms with van der Waals surface area (Å²) in [7, 11) is 2.42. The number of carbonyl (C=O) groups excluding carboxylic acids is 1. The number of ether oxygens (including phenoxy) is 2. The molecule has 8 nitrogen and oxygen atoms in total. The van der Waals surface area contributed by atoms with E-state index in [0.717, 1.165) is 7.11 Å². The molecule has 0 amide bonds. The Kier molecular flexibility index (Phi) is 5.01. The molecule has 1 N–H and O–H groups in total. The highest BCUT2D eigenvalue weighted by atomic mass is 16.6. The summed E-state index contributed by atoms with van der Waals surface area (Å²) in [5, 5.41) is 19.7. The number of nitro benzene ring substituents is 1. The fourth-order valence-corrected chi connectivity index (χ4v) is 1.67. The molecule has 1 unspecified atom stereocenters. The molecule has 0 aliphatic rings. The second kappa shape index (κ2) is 6.50. The first-order valence-corrected chi connectivity index (χ1v) is 5.52. The molecular formula is C12H13NO7. The summed E-state index contributed by atoms with van der Waals surface area (Å²) in [4.78, 5) is 32.6. The number of aliphatic carboxylic acids is 1. The van der Waals surface area contributed by atoms with Gasteiger partial charge in [0.1, 0.15) is 5.75 Å². The molecule has 0 aromatic heterocycles. The predicted octanol–water partition coefficient (Wildman–Crippen LogP) is 1.02. The Morgan fingerprint density at radius 3 is 2.50 bits per heavy atom. The van der Waals surface area contributed by atoms with Crippen LogP contribution in [0.2, 0.25) is 0 Å². The zero-order chi connectivity index (χ0) is 15.3. The van der Waals surface area contributed by atoms with Crippen LogP contribution in [0, 0.1) is 16.0 Å². The molecule has 1 aromatic carbocycles. The number of hydrogen-bond donors (Lipinski definition) is 1. The summed E-state index contributed by atoms with van der Waals surface area (Å²) in [5.41, 5.74) is 0.0364. The molecule has 8 heteroatoms. The van der Waals surface area contributed by atoms with Gasteiger partial charge in [-0.2, -0.15) is 0 Å². The van der Waals surface area contributed by atoms with E-state index < -0.39 is 22.8 Å². The molecular weight excluding hydrogens is 270 g/mol. The molecule has 0 saturated carbocycles. The first kappa shape index (κ1) is 15.4. The molecule has 1 atom stereocenters. The quantitative estimate of drug-likeness (QED) is 0.358. The number of benzene rings is 1. The van der Waals surface area contributed by atoms with Crippen LogP contribution in [0.15, 0.2) is 18.2 Å². The number of nitrogens with zero attached hydrogens (tertiary/aromatic N) is 1. The molecule has 0 aliphatic carbocycles. The predicted molar refractivity (Wildman–Crippen MR) is 66.5 cm³/mol. The fourth-order valence-electron chi connectivity index (χ4n) is 1.67. The molecule has 0 fully saturated rings. The molecule has 1 rings (SSSR count). The third-order valence-electron chi connectivity index (χ3n) is 2.68. The van der Waals surface area contributed by atoms with E-state index in [2.05, 4.69) is 4.74 Å². The standard InChI is InChI=1S/C12H13NO7/c1-19-10-4-3-8(13(17)18)5-7(10)6-9(11(14)15)12(16)20-2/h3-5,9H,6H2,1-2H3,(H,14,15). The van der Waals surface area contributed by atoms with Crippen molar-refractivity contribution in [2.24, 2.45) is 5.92 Å². The minimum absolute atomic E-state index is 0.213. The van der Waals surface area contributed by atoms with Crippen LogP contribution in [-0.4, -0.2) is 36.2 Å². The Bertz CT molecular complexity index is 541. The van der Waals surface area contributed by atoms with Crippen LogP contribution in [0.1, 0.15) is 5.56 Å². The maximum Gasteiger partial charge on any atom is 0.320 e.